The van der Waals surface area contributed by atoms with Crippen molar-refractivity contribution >= 4 is 21.6 Å². The van der Waals surface area contributed by atoms with Crippen LogP contribution in [0, 0.1) is 10.1 Å². The molecule has 0 unspecified atom stereocenters. The van der Waals surface area contributed by atoms with E-state index in [0.29, 0.717) is 30.8 Å². The van der Waals surface area contributed by atoms with E-state index < -0.39 is 4.92 Å². The Morgan fingerprint density at radius 3 is 2.95 bits per heavy atom. The van der Waals surface area contributed by atoms with Gasteiger partial charge in [0.15, 0.2) is 0 Å². The van der Waals surface area contributed by atoms with Gasteiger partial charge in [-0.05, 0) is 27.9 Å². The van der Waals surface area contributed by atoms with E-state index in [0.717, 1.165) is 12.0 Å². The number of hydrogen-bond acceptors (Lipinski definition) is 4. The Kier molecular flexibility index (Phi) is 7.32. The fourth-order valence-corrected chi connectivity index (χ4v) is 2.03. The monoisotopic (exact) mass is 328 g/mol. The molecule has 1 aromatic rings. The highest BCUT2D eigenvalue weighted by molar-refractivity contribution is 9.10. The van der Waals surface area contributed by atoms with Gasteiger partial charge in [-0.3, -0.25) is 10.1 Å². The number of nitro groups is 1. The topological polar surface area (TPSA) is 64.4 Å². The van der Waals surface area contributed by atoms with Gasteiger partial charge in [0.25, 0.3) is 5.69 Å². The lowest BCUT2D eigenvalue weighted by Gasteiger charge is -2.07. The number of nitrogens with one attached hydrogen (secondary N) is 1. The molecule has 19 heavy (non-hydrogen) atoms. The van der Waals surface area contributed by atoms with Crippen molar-refractivity contribution in [3.63, 3.8) is 0 Å². The molecule has 5 nitrogen and oxygen atoms in total. The highest BCUT2D eigenvalue weighted by atomic mass is 79.9. The molecule has 0 fully saturated rings. The van der Waals surface area contributed by atoms with Crippen molar-refractivity contribution in [2.75, 3.05) is 19.8 Å². The summed E-state index contributed by atoms with van der Waals surface area (Å²) in [4.78, 5) is 10.4. The van der Waals surface area contributed by atoms with E-state index in [1.165, 1.54) is 6.07 Å². The third-order valence-electron chi connectivity index (χ3n) is 2.46. The van der Waals surface area contributed by atoms with Gasteiger partial charge in [-0.25, -0.2) is 0 Å². The zero-order chi connectivity index (χ0) is 14.1. The van der Waals surface area contributed by atoms with Crippen LogP contribution in [0.3, 0.4) is 0 Å². The van der Waals surface area contributed by atoms with Crippen molar-refractivity contribution < 1.29 is 9.66 Å². The van der Waals surface area contributed by atoms with Crippen molar-refractivity contribution in [3.05, 3.63) is 51.0 Å². The molecular formula is C13H17BrN2O3. The van der Waals surface area contributed by atoms with Crippen LogP contribution in [-0.2, 0) is 11.3 Å². The molecular weight excluding hydrogens is 312 g/mol. The van der Waals surface area contributed by atoms with Gasteiger partial charge in [-0.1, -0.05) is 18.2 Å². The van der Waals surface area contributed by atoms with Crippen molar-refractivity contribution in [3.8, 4) is 0 Å². The highest BCUT2D eigenvalue weighted by Gasteiger charge is 2.13. The predicted octanol–water partition coefficient (Wildman–Crippen LogP) is 3.04. The molecule has 0 radical (unpaired) electrons. The molecule has 0 bridgehead atoms. The maximum absolute atomic E-state index is 10.8. The summed E-state index contributed by atoms with van der Waals surface area (Å²) in [6.45, 7) is 6.16. The van der Waals surface area contributed by atoms with Gasteiger partial charge in [0.05, 0.1) is 22.6 Å². The second-order valence-electron chi connectivity index (χ2n) is 3.87. The first-order chi connectivity index (χ1) is 9.16. The number of benzene rings is 1. The van der Waals surface area contributed by atoms with Crippen molar-refractivity contribution in [2.24, 2.45) is 0 Å². The number of rotatable bonds is 9. The van der Waals surface area contributed by atoms with Crippen LogP contribution in [0.5, 0.6) is 0 Å². The molecule has 0 saturated heterocycles. The summed E-state index contributed by atoms with van der Waals surface area (Å²) in [5.74, 6) is 0. The van der Waals surface area contributed by atoms with Gasteiger partial charge in [-0.15, -0.1) is 6.58 Å². The van der Waals surface area contributed by atoms with Gasteiger partial charge in [0.2, 0.25) is 0 Å². The zero-order valence-electron chi connectivity index (χ0n) is 10.6. The smallest absolute Gasteiger partial charge is 0.283 e. The van der Waals surface area contributed by atoms with Gasteiger partial charge < -0.3 is 10.1 Å². The molecule has 1 aromatic carbocycles. The van der Waals surface area contributed by atoms with Gasteiger partial charge in [0, 0.05) is 19.2 Å². The van der Waals surface area contributed by atoms with Crippen molar-refractivity contribution in [2.45, 2.75) is 13.0 Å². The van der Waals surface area contributed by atoms with Crippen LogP contribution in [0.4, 0.5) is 5.69 Å². The van der Waals surface area contributed by atoms with E-state index in [1.807, 2.05) is 12.1 Å². The summed E-state index contributed by atoms with van der Waals surface area (Å²) < 4.78 is 5.88. The summed E-state index contributed by atoms with van der Waals surface area (Å²) in [5.41, 5.74) is 0.946. The normalized spacial score (nSPS) is 10.4. The Bertz CT molecular complexity index is 438. The van der Waals surface area contributed by atoms with Crippen LogP contribution in [0.2, 0.25) is 0 Å². The first-order valence-electron chi connectivity index (χ1n) is 5.98. The summed E-state index contributed by atoms with van der Waals surface area (Å²) in [7, 11) is 0. The highest BCUT2D eigenvalue weighted by Crippen LogP contribution is 2.27. The van der Waals surface area contributed by atoms with Crippen LogP contribution >= 0.6 is 15.9 Å². The van der Waals surface area contributed by atoms with E-state index in [4.69, 9.17) is 4.74 Å². The molecule has 0 aliphatic carbocycles. The summed E-state index contributed by atoms with van der Waals surface area (Å²) in [6, 6.07) is 5.01. The second-order valence-corrected chi connectivity index (χ2v) is 4.67. The summed E-state index contributed by atoms with van der Waals surface area (Å²) >= 11 is 3.26. The average molecular weight is 329 g/mol. The van der Waals surface area contributed by atoms with Crippen molar-refractivity contribution in [1.29, 1.82) is 0 Å². The Hall–Kier alpha value is -1.24. The minimum absolute atomic E-state index is 0.0848. The molecule has 0 saturated carbocycles. The number of nitro benzene ring substituents is 1. The summed E-state index contributed by atoms with van der Waals surface area (Å²) in [5, 5.41) is 14.0. The molecule has 1 rings (SSSR count). The fraction of sp³-hybridized carbons (Fsp3) is 0.385. The minimum Gasteiger partial charge on any atom is -0.380 e. The lowest BCUT2D eigenvalue weighted by atomic mass is 10.2. The molecule has 0 aliphatic rings. The Balaban J connectivity index is 2.35. The number of halogens is 1. The Morgan fingerprint density at radius 1 is 1.47 bits per heavy atom. The minimum atomic E-state index is -0.397. The van der Waals surface area contributed by atoms with E-state index in [9.17, 15) is 10.1 Å². The second kappa shape index (κ2) is 8.79. The first kappa shape index (κ1) is 15.8. The van der Waals surface area contributed by atoms with E-state index >= 15 is 0 Å². The molecule has 0 spiro atoms. The number of hydrogen-bond donors (Lipinski definition) is 1. The maximum Gasteiger partial charge on any atom is 0.283 e. The van der Waals surface area contributed by atoms with Gasteiger partial charge in [-0.2, -0.15) is 0 Å². The van der Waals surface area contributed by atoms with E-state index in [2.05, 4.69) is 27.8 Å². The van der Waals surface area contributed by atoms with Crippen LogP contribution in [0.15, 0.2) is 35.3 Å². The molecule has 1 N–H and O–H groups in total. The van der Waals surface area contributed by atoms with Crippen LogP contribution in [-0.4, -0.2) is 24.7 Å². The van der Waals surface area contributed by atoms with Crippen LogP contribution < -0.4 is 5.32 Å². The average Bonchev–Trinajstić information content (AvgIpc) is 2.39. The molecule has 0 aromatic heterocycles. The third kappa shape index (κ3) is 5.50. The third-order valence-corrected chi connectivity index (χ3v) is 3.38. The molecule has 0 aliphatic heterocycles. The van der Waals surface area contributed by atoms with E-state index in [1.54, 1.807) is 6.07 Å². The fourth-order valence-electron chi connectivity index (χ4n) is 1.48. The molecule has 0 heterocycles. The van der Waals surface area contributed by atoms with E-state index in [-0.39, 0.29) is 5.69 Å². The quantitative estimate of drug-likeness (QED) is 0.327. The lowest BCUT2D eigenvalue weighted by Crippen LogP contribution is -2.19. The van der Waals surface area contributed by atoms with Crippen molar-refractivity contribution in [1.82, 2.24) is 5.32 Å². The predicted molar refractivity (Wildman–Crippen MR) is 78.1 cm³/mol. The Morgan fingerprint density at radius 2 is 2.26 bits per heavy atom. The first-order valence-corrected chi connectivity index (χ1v) is 6.77. The SMILES string of the molecule is C=CCCOCCNCc1cccc([N+](=O)[O-])c1Br. The van der Waals surface area contributed by atoms with Gasteiger partial charge >= 0.3 is 0 Å². The number of nitrogens with zero attached hydrogens (tertiary/aromatic N) is 1. The molecule has 0 amide bonds. The Labute approximate surface area is 120 Å². The lowest BCUT2D eigenvalue weighted by molar-refractivity contribution is -0.385. The van der Waals surface area contributed by atoms with Crippen LogP contribution in [0.1, 0.15) is 12.0 Å². The zero-order valence-corrected chi connectivity index (χ0v) is 12.2. The summed E-state index contributed by atoms with van der Waals surface area (Å²) in [6.07, 6.45) is 2.66. The standard InChI is InChI=1S/C13H17BrN2O3/c1-2-3-8-19-9-7-15-10-11-5-4-6-12(13(11)14)16(17)18/h2,4-6,15H,1,3,7-10H2. The molecule has 104 valence electrons. The van der Waals surface area contributed by atoms with Gasteiger partial charge in [0.1, 0.15) is 0 Å². The molecule has 0 atom stereocenters. The molecule has 6 heteroatoms. The largest absolute Gasteiger partial charge is 0.380 e. The van der Waals surface area contributed by atoms with Crippen LogP contribution in [0.25, 0.3) is 0 Å². The maximum atomic E-state index is 10.8. The number of ether oxygens (including phenoxy) is 1.